The van der Waals surface area contributed by atoms with Gasteiger partial charge in [0.15, 0.2) is 9.84 Å². The number of nitrogens with one attached hydrogen (secondary N) is 1. The molecule has 3 rings (SSSR count). The molecule has 8 heteroatoms. The molecule has 0 aliphatic heterocycles. The van der Waals surface area contributed by atoms with E-state index in [1.54, 1.807) is 12.1 Å². The number of hydrogen-bond acceptors (Lipinski definition) is 3. The Morgan fingerprint density at radius 1 is 0.926 bits per heavy atom. The van der Waals surface area contributed by atoms with Crippen LogP contribution >= 0.6 is 0 Å². The van der Waals surface area contributed by atoms with Gasteiger partial charge in [0, 0.05) is 17.4 Å². The molecule has 0 spiro atoms. The first kappa shape index (κ1) is 19.2. The molecule has 0 aliphatic rings. The van der Waals surface area contributed by atoms with E-state index >= 15 is 0 Å². The summed E-state index contributed by atoms with van der Waals surface area (Å²) in [6.45, 7) is 3.79. The number of aromatic amines is 1. The minimum Gasteiger partial charge on any atom is -0.334 e. The third-order valence-corrected chi connectivity index (χ3v) is 5.45. The number of rotatable bonds is 3. The maximum absolute atomic E-state index is 13.2. The molecule has 1 heterocycles. The van der Waals surface area contributed by atoms with Crippen molar-refractivity contribution in [1.29, 1.82) is 0 Å². The van der Waals surface area contributed by atoms with Crippen LogP contribution in [0.25, 0.3) is 22.5 Å². The molecule has 2 aromatic carbocycles. The van der Waals surface area contributed by atoms with Crippen molar-refractivity contribution >= 4 is 9.84 Å². The lowest BCUT2D eigenvalue weighted by Crippen LogP contribution is -2.07. The lowest BCUT2D eigenvalue weighted by molar-refractivity contribution is -0.144. The van der Waals surface area contributed by atoms with Crippen LogP contribution in [0.1, 0.15) is 17.0 Å². The molecule has 0 saturated carbocycles. The van der Waals surface area contributed by atoms with Crippen LogP contribution in [0, 0.1) is 13.8 Å². The van der Waals surface area contributed by atoms with Crippen molar-refractivity contribution < 1.29 is 21.6 Å². The fourth-order valence-electron chi connectivity index (χ4n) is 2.68. The van der Waals surface area contributed by atoms with Gasteiger partial charge in [0.2, 0.25) is 5.82 Å². The van der Waals surface area contributed by atoms with Crippen LogP contribution in [0.4, 0.5) is 13.2 Å². The molecule has 0 atom stereocenters. The number of aryl methyl sites for hydroxylation is 2. The second-order valence-corrected chi connectivity index (χ2v) is 8.42. The van der Waals surface area contributed by atoms with Gasteiger partial charge in [0.05, 0.1) is 16.3 Å². The molecule has 27 heavy (non-hydrogen) atoms. The Kier molecular flexibility index (Phi) is 4.63. The van der Waals surface area contributed by atoms with Crippen molar-refractivity contribution in [2.75, 3.05) is 6.26 Å². The SMILES string of the molecule is Cc1ccc(-c2[nH]c(C(F)(F)F)nc2-c2ccc(S(C)(=O)=O)cc2)cc1C. The van der Waals surface area contributed by atoms with Gasteiger partial charge in [-0.15, -0.1) is 0 Å². The molecule has 0 unspecified atom stereocenters. The minimum atomic E-state index is -4.63. The van der Waals surface area contributed by atoms with Crippen molar-refractivity contribution in [3.8, 4) is 22.5 Å². The topological polar surface area (TPSA) is 62.8 Å². The van der Waals surface area contributed by atoms with E-state index in [1.165, 1.54) is 24.3 Å². The summed E-state index contributed by atoms with van der Waals surface area (Å²) in [5, 5.41) is 0. The van der Waals surface area contributed by atoms with Crippen LogP contribution in [-0.4, -0.2) is 24.6 Å². The third-order valence-electron chi connectivity index (χ3n) is 4.32. The highest BCUT2D eigenvalue weighted by Crippen LogP contribution is 2.36. The number of nitrogens with zero attached hydrogens (tertiary/aromatic N) is 1. The summed E-state index contributed by atoms with van der Waals surface area (Å²) in [6.07, 6.45) is -3.56. The van der Waals surface area contributed by atoms with Crippen LogP contribution in [0.2, 0.25) is 0 Å². The predicted octanol–water partition coefficient (Wildman–Crippen LogP) is 4.78. The van der Waals surface area contributed by atoms with E-state index < -0.39 is 21.8 Å². The fourth-order valence-corrected chi connectivity index (χ4v) is 3.31. The lowest BCUT2D eigenvalue weighted by atomic mass is 10.0. The Hall–Kier alpha value is -2.61. The summed E-state index contributed by atoms with van der Waals surface area (Å²) < 4.78 is 62.8. The number of sulfone groups is 1. The average molecular weight is 394 g/mol. The maximum Gasteiger partial charge on any atom is 0.449 e. The first-order chi connectivity index (χ1) is 12.5. The molecule has 1 aromatic heterocycles. The number of benzene rings is 2. The molecule has 0 radical (unpaired) electrons. The molecule has 0 fully saturated rings. The van der Waals surface area contributed by atoms with Crippen molar-refractivity contribution in [3.05, 3.63) is 59.4 Å². The van der Waals surface area contributed by atoms with Crippen molar-refractivity contribution in [3.63, 3.8) is 0 Å². The van der Waals surface area contributed by atoms with Gasteiger partial charge in [-0.3, -0.25) is 0 Å². The van der Waals surface area contributed by atoms with Crippen molar-refractivity contribution in [2.45, 2.75) is 24.9 Å². The van der Waals surface area contributed by atoms with Gasteiger partial charge in [0.1, 0.15) is 0 Å². The van der Waals surface area contributed by atoms with Gasteiger partial charge < -0.3 is 4.98 Å². The first-order valence-electron chi connectivity index (χ1n) is 8.02. The molecule has 3 aromatic rings. The first-order valence-corrected chi connectivity index (χ1v) is 9.91. The molecule has 0 amide bonds. The van der Waals surface area contributed by atoms with E-state index in [0.29, 0.717) is 11.1 Å². The zero-order valence-electron chi connectivity index (χ0n) is 14.8. The Morgan fingerprint density at radius 3 is 2.04 bits per heavy atom. The number of hydrogen-bond donors (Lipinski definition) is 1. The quantitative estimate of drug-likeness (QED) is 0.695. The van der Waals surface area contributed by atoms with Gasteiger partial charge in [-0.1, -0.05) is 24.3 Å². The molecule has 4 nitrogen and oxygen atoms in total. The molecule has 1 N–H and O–H groups in total. The summed E-state index contributed by atoms with van der Waals surface area (Å²) in [7, 11) is -3.40. The highest BCUT2D eigenvalue weighted by Gasteiger charge is 2.36. The molecule has 142 valence electrons. The summed E-state index contributed by atoms with van der Waals surface area (Å²) >= 11 is 0. The Morgan fingerprint density at radius 2 is 1.52 bits per heavy atom. The smallest absolute Gasteiger partial charge is 0.334 e. The summed E-state index contributed by atoms with van der Waals surface area (Å²) in [5.41, 5.74) is 3.27. The largest absolute Gasteiger partial charge is 0.449 e. The molecular weight excluding hydrogens is 377 g/mol. The zero-order valence-corrected chi connectivity index (χ0v) is 15.7. The van der Waals surface area contributed by atoms with E-state index in [-0.39, 0.29) is 16.3 Å². The highest BCUT2D eigenvalue weighted by atomic mass is 32.2. The van der Waals surface area contributed by atoms with E-state index in [1.807, 2.05) is 19.9 Å². The van der Waals surface area contributed by atoms with Crippen LogP contribution < -0.4 is 0 Å². The Balaban J connectivity index is 2.19. The number of imidazole rings is 1. The van der Waals surface area contributed by atoms with E-state index in [4.69, 9.17) is 0 Å². The number of H-pyrrole nitrogens is 1. The second-order valence-electron chi connectivity index (χ2n) is 6.40. The molecule has 0 aliphatic carbocycles. The van der Waals surface area contributed by atoms with Crippen LogP contribution in [0.3, 0.4) is 0 Å². The van der Waals surface area contributed by atoms with Gasteiger partial charge >= 0.3 is 6.18 Å². The average Bonchev–Trinajstić information content (AvgIpc) is 3.02. The van der Waals surface area contributed by atoms with Crippen LogP contribution in [-0.2, 0) is 16.0 Å². The molecular formula is C19H17F3N2O2S. The predicted molar refractivity (Wildman–Crippen MR) is 97.0 cm³/mol. The standard InChI is InChI=1S/C19H17F3N2O2S/c1-11-4-5-14(10-12(11)2)17-16(23-18(24-17)19(20,21)22)13-6-8-15(9-7-13)27(3,25)26/h4-10H,1-3H3,(H,23,24). The summed E-state index contributed by atoms with van der Waals surface area (Å²) in [5.74, 6) is -1.10. The summed E-state index contributed by atoms with van der Waals surface area (Å²) in [4.78, 5) is 6.20. The van der Waals surface area contributed by atoms with Crippen molar-refractivity contribution in [1.82, 2.24) is 9.97 Å². The van der Waals surface area contributed by atoms with Gasteiger partial charge in [-0.05, 0) is 43.2 Å². The monoisotopic (exact) mass is 394 g/mol. The summed E-state index contributed by atoms with van der Waals surface area (Å²) in [6, 6.07) is 11.0. The van der Waals surface area contributed by atoms with Gasteiger partial charge in [-0.2, -0.15) is 13.2 Å². The lowest BCUT2D eigenvalue weighted by Gasteiger charge is -2.07. The molecule has 0 bridgehead atoms. The van der Waals surface area contributed by atoms with Crippen LogP contribution in [0.5, 0.6) is 0 Å². The number of aromatic nitrogens is 2. The van der Waals surface area contributed by atoms with Crippen LogP contribution in [0.15, 0.2) is 47.4 Å². The van der Waals surface area contributed by atoms with Crippen molar-refractivity contribution in [2.24, 2.45) is 0 Å². The minimum absolute atomic E-state index is 0.0885. The van der Waals surface area contributed by atoms with E-state index in [9.17, 15) is 21.6 Å². The van der Waals surface area contributed by atoms with E-state index in [2.05, 4.69) is 9.97 Å². The van der Waals surface area contributed by atoms with Gasteiger partial charge in [0.25, 0.3) is 0 Å². The normalized spacial score (nSPS) is 12.4. The maximum atomic E-state index is 13.2. The van der Waals surface area contributed by atoms with E-state index in [0.717, 1.165) is 17.4 Å². The second kappa shape index (κ2) is 6.53. The molecule has 0 saturated heterocycles. The number of halogens is 3. The number of alkyl halides is 3. The zero-order chi connectivity index (χ0) is 20.0. The Bertz CT molecular complexity index is 1100. The Labute approximate surface area is 155 Å². The highest BCUT2D eigenvalue weighted by molar-refractivity contribution is 7.90. The van der Waals surface area contributed by atoms with Gasteiger partial charge in [-0.25, -0.2) is 13.4 Å². The fraction of sp³-hybridized carbons (Fsp3) is 0.211. The third kappa shape index (κ3) is 3.90.